The highest BCUT2D eigenvalue weighted by molar-refractivity contribution is 6.30. The van der Waals surface area contributed by atoms with Crippen LogP contribution in [0.25, 0.3) is 0 Å². The van der Waals surface area contributed by atoms with Crippen LogP contribution in [0.2, 0.25) is 5.02 Å². The van der Waals surface area contributed by atoms with Crippen molar-refractivity contribution < 1.29 is 4.74 Å². The average Bonchev–Trinajstić information content (AvgIpc) is 2.29. The van der Waals surface area contributed by atoms with E-state index in [9.17, 15) is 0 Å². The Labute approximate surface area is 107 Å². The lowest BCUT2D eigenvalue weighted by Crippen LogP contribution is -2.63. The molecule has 3 rings (SSSR count). The third kappa shape index (κ3) is 1.97. The zero-order chi connectivity index (χ0) is 11.7. The number of rotatable bonds is 2. The first-order valence-corrected chi connectivity index (χ1v) is 6.49. The Morgan fingerprint density at radius 1 is 1.24 bits per heavy atom. The van der Waals surface area contributed by atoms with Crippen LogP contribution in [0, 0.1) is 0 Å². The van der Waals surface area contributed by atoms with Gasteiger partial charge in [-0.25, -0.2) is 0 Å². The molecule has 0 aromatic heterocycles. The smallest absolute Gasteiger partial charge is 0.0935 e. The Balaban J connectivity index is 1.90. The molecule has 0 unspecified atom stereocenters. The summed E-state index contributed by atoms with van der Waals surface area (Å²) in [5.41, 5.74) is 1.35. The van der Waals surface area contributed by atoms with Gasteiger partial charge in [-0.15, -0.1) is 0 Å². The highest BCUT2D eigenvalue weighted by atomic mass is 35.5. The predicted molar refractivity (Wildman–Crippen MR) is 68.4 cm³/mol. The van der Waals surface area contributed by atoms with Gasteiger partial charge < -0.3 is 10.1 Å². The van der Waals surface area contributed by atoms with Crippen LogP contribution in [0.3, 0.4) is 0 Å². The molecule has 0 aliphatic carbocycles. The number of hydrogen-bond donors (Lipinski definition) is 1. The average molecular weight is 253 g/mol. The quantitative estimate of drug-likeness (QED) is 0.863. The maximum absolute atomic E-state index is 6.10. The van der Waals surface area contributed by atoms with Crippen molar-refractivity contribution in [1.29, 1.82) is 0 Å². The van der Waals surface area contributed by atoms with Crippen LogP contribution >= 0.6 is 11.6 Å². The van der Waals surface area contributed by atoms with Gasteiger partial charge in [-0.1, -0.05) is 23.7 Å². The highest BCUT2D eigenvalue weighted by Crippen LogP contribution is 2.37. The van der Waals surface area contributed by atoms with Crippen LogP contribution in [0.5, 0.6) is 0 Å². The molecule has 2 aliphatic heterocycles. The first kappa shape index (κ1) is 11.5. The van der Waals surface area contributed by atoms with Gasteiger partial charge in [0, 0.05) is 31.2 Å². The summed E-state index contributed by atoms with van der Waals surface area (Å²) >= 11 is 6.10. The molecule has 3 nitrogen and oxygen atoms in total. The molecule has 0 atom stereocenters. The summed E-state index contributed by atoms with van der Waals surface area (Å²) in [5, 5.41) is 4.20. The fraction of sp³-hybridized carbons (Fsp3) is 0.538. The van der Waals surface area contributed by atoms with Gasteiger partial charge in [-0.3, -0.25) is 4.90 Å². The van der Waals surface area contributed by atoms with Gasteiger partial charge in [0.25, 0.3) is 0 Å². The number of ether oxygens (including phenoxy) is 1. The molecule has 0 spiro atoms. The van der Waals surface area contributed by atoms with E-state index in [1.165, 1.54) is 5.56 Å². The maximum atomic E-state index is 6.10. The number of halogens is 1. The molecule has 0 saturated carbocycles. The number of benzene rings is 1. The molecule has 1 N–H and O–H groups in total. The van der Waals surface area contributed by atoms with Crippen molar-refractivity contribution in [3.63, 3.8) is 0 Å². The van der Waals surface area contributed by atoms with Gasteiger partial charge in [0.1, 0.15) is 0 Å². The largest absolute Gasteiger partial charge is 0.377 e. The lowest BCUT2D eigenvalue weighted by Gasteiger charge is -2.51. The summed E-state index contributed by atoms with van der Waals surface area (Å²) in [4.78, 5) is 2.53. The van der Waals surface area contributed by atoms with E-state index < -0.39 is 0 Å². The minimum Gasteiger partial charge on any atom is -0.377 e. The summed E-state index contributed by atoms with van der Waals surface area (Å²) in [5.74, 6) is 0. The molecule has 2 saturated heterocycles. The predicted octanol–water partition coefficient (Wildman–Crippen LogP) is 1.47. The third-order valence-corrected chi connectivity index (χ3v) is 4.00. The lowest BCUT2D eigenvalue weighted by molar-refractivity contribution is -0.149. The molecule has 92 valence electrons. The Morgan fingerprint density at radius 3 is 2.59 bits per heavy atom. The van der Waals surface area contributed by atoms with E-state index in [2.05, 4.69) is 22.3 Å². The Hall–Kier alpha value is -0.610. The minimum absolute atomic E-state index is 0.0625. The van der Waals surface area contributed by atoms with Gasteiger partial charge in [-0.05, 0) is 17.7 Å². The van der Waals surface area contributed by atoms with E-state index >= 15 is 0 Å². The van der Waals surface area contributed by atoms with E-state index in [4.69, 9.17) is 16.3 Å². The zero-order valence-corrected chi connectivity index (χ0v) is 10.5. The molecule has 4 heteroatoms. The first-order valence-electron chi connectivity index (χ1n) is 6.11. The van der Waals surface area contributed by atoms with Crippen molar-refractivity contribution in [1.82, 2.24) is 10.2 Å². The summed E-state index contributed by atoms with van der Waals surface area (Å²) in [6.45, 7) is 5.84. The first-order chi connectivity index (χ1) is 8.31. The normalized spacial score (nSPS) is 24.3. The molecule has 0 amide bonds. The second-order valence-corrected chi connectivity index (χ2v) is 5.21. The lowest BCUT2D eigenvalue weighted by atomic mass is 9.85. The monoisotopic (exact) mass is 252 g/mol. The van der Waals surface area contributed by atoms with Crippen molar-refractivity contribution in [3.8, 4) is 0 Å². The third-order valence-electron chi connectivity index (χ3n) is 3.77. The van der Waals surface area contributed by atoms with E-state index in [-0.39, 0.29) is 5.54 Å². The summed E-state index contributed by atoms with van der Waals surface area (Å²) < 4.78 is 5.48. The van der Waals surface area contributed by atoms with E-state index in [1.807, 2.05) is 12.1 Å². The van der Waals surface area contributed by atoms with Crippen molar-refractivity contribution in [2.75, 3.05) is 39.4 Å². The van der Waals surface area contributed by atoms with Gasteiger partial charge in [-0.2, -0.15) is 0 Å². The number of nitrogens with one attached hydrogen (secondary N) is 1. The van der Waals surface area contributed by atoms with Crippen molar-refractivity contribution >= 4 is 11.6 Å². The van der Waals surface area contributed by atoms with E-state index in [1.54, 1.807) is 0 Å². The van der Waals surface area contributed by atoms with Crippen LogP contribution in [0.4, 0.5) is 0 Å². The number of nitrogens with zero attached hydrogens (tertiary/aromatic N) is 1. The summed E-state index contributed by atoms with van der Waals surface area (Å²) in [6.07, 6.45) is 0. The minimum atomic E-state index is 0.0625. The van der Waals surface area contributed by atoms with E-state index in [0.29, 0.717) is 0 Å². The molecule has 1 aromatic carbocycles. The maximum Gasteiger partial charge on any atom is 0.0935 e. The zero-order valence-electron chi connectivity index (χ0n) is 9.79. The second-order valence-electron chi connectivity index (χ2n) is 4.77. The van der Waals surface area contributed by atoms with Crippen LogP contribution in [-0.4, -0.2) is 44.3 Å². The number of hydrogen-bond acceptors (Lipinski definition) is 3. The summed E-state index contributed by atoms with van der Waals surface area (Å²) in [6, 6.07) is 8.19. The molecule has 0 bridgehead atoms. The van der Waals surface area contributed by atoms with Gasteiger partial charge in [0.2, 0.25) is 0 Å². The SMILES string of the molecule is Clc1cccc(C2(N3CCNCC3)COC2)c1. The topological polar surface area (TPSA) is 24.5 Å². The van der Waals surface area contributed by atoms with Crippen molar-refractivity contribution in [3.05, 3.63) is 34.9 Å². The number of piperazine rings is 1. The van der Waals surface area contributed by atoms with Crippen molar-refractivity contribution in [2.45, 2.75) is 5.54 Å². The fourth-order valence-corrected chi connectivity index (χ4v) is 2.89. The van der Waals surface area contributed by atoms with Gasteiger partial charge >= 0.3 is 0 Å². The van der Waals surface area contributed by atoms with Crippen LogP contribution in [-0.2, 0) is 10.3 Å². The molecule has 2 heterocycles. The van der Waals surface area contributed by atoms with Crippen LogP contribution in [0.1, 0.15) is 5.56 Å². The Morgan fingerprint density at radius 2 is 2.00 bits per heavy atom. The standard InChI is InChI=1S/C13H17ClN2O/c14-12-3-1-2-11(8-12)13(9-17-10-13)16-6-4-15-5-7-16/h1-3,8,15H,4-7,9-10H2. The molecule has 1 aromatic rings. The molecular formula is C13H17ClN2O. The molecule has 2 aliphatic rings. The van der Waals surface area contributed by atoms with E-state index in [0.717, 1.165) is 44.4 Å². The summed E-state index contributed by atoms with van der Waals surface area (Å²) in [7, 11) is 0. The van der Waals surface area contributed by atoms with Crippen LogP contribution in [0.15, 0.2) is 24.3 Å². The molecule has 17 heavy (non-hydrogen) atoms. The Bertz CT molecular complexity index is 400. The van der Waals surface area contributed by atoms with Crippen LogP contribution < -0.4 is 5.32 Å². The second kappa shape index (κ2) is 4.58. The van der Waals surface area contributed by atoms with Gasteiger partial charge in [0.05, 0.1) is 18.8 Å². The molecule has 0 radical (unpaired) electrons. The molecular weight excluding hydrogens is 236 g/mol. The molecule has 2 fully saturated rings. The highest BCUT2D eigenvalue weighted by Gasteiger charge is 2.45. The van der Waals surface area contributed by atoms with Gasteiger partial charge in [0.15, 0.2) is 0 Å². The van der Waals surface area contributed by atoms with Crippen molar-refractivity contribution in [2.24, 2.45) is 0 Å². The Kier molecular flexibility index (Phi) is 3.09. The fourth-order valence-electron chi connectivity index (χ4n) is 2.70.